The fraction of sp³-hybridized carbons (Fsp3) is 0.571. The summed E-state index contributed by atoms with van der Waals surface area (Å²) in [5, 5.41) is 7.06. The van der Waals surface area contributed by atoms with Gasteiger partial charge in [0.1, 0.15) is 0 Å². The lowest BCUT2D eigenvalue weighted by Gasteiger charge is -2.06. The molecule has 0 aliphatic carbocycles. The van der Waals surface area contributed by atoms with E-state index in [2.05, 4.69) is 31.0 Å². The highest BCUT2D eigenvalue weighted by Gasteiger charge is 2.06. The molecule has 11 heavy (non-hydrogen) atoms. The molecule has 0 amide bonds. The second-order valence-electron chi connectivity index (χ2n) is 2.85. The molecule has 0 radical (unpaired) electrons. The third-order valence-corrected chi connectivity index (χ3v) is 2.46. The van der Waals surface area contributed by atoms with Crippen LogP contribution in [0, 0.1) is 6.92 Å². The molecule has 0 spiro atoms. The lowest BCUT2D eigenvalue weighted by molar-refractivity contribution is 0.395. The van der Waals surface area contributed by atoms with Crippen LogP contribution in [0.1, 0.15) is 11.4 Å². The van der Waals surface area contributed by atoms with Crippen molar-refractivity contribution in [2.75, 3.05) is 14.1 Å². The van der Waals surface area contributed by atoms with Gasteiger partial charge in [-0.15, -0.1) is 0 Å². The standard InChI is InChI=1S/C7H12BrN3/c1-5-7(8)6(10-9-5)4-11(2)3/h4H2,1-3H3,(H,9,10). The highest BCUT2D eigenvalue weighted by Crippen LogP contribution is 2.18. The number of aryl methyl sites for hydroxylation is 1. The number of nitrogens with one attached hydrogen (secondary N) is 1. The average molecular weight is 218 g/mol. The summed E-state index contributed by atoms with van der Waals surface area (Å²) in [5.74, 6) is 0. The van der Waals surface area contributed by atoms with Crippen LogP contribution < -0.4 is 0 Å². The quantitative estimate of drug-likeness (QED) is 0.816. The first-order valence-electron chi connectivity index (χ1n) is 3.45. The summed E-state index contributed by atoms with van der Waals surface area (Å²) in [6, 6.07) is 0. The molecule has 1 heterocycles. The first kappa shape index (κ1) is 8.74. The van der Waals surface area contributed by atoms with Gasteiger partial charge in [0.2, 0.25) is 0 Å². The zero-order chi connectivity index (χ0) is 8.43. The summed E-state index contributed by atoms with van der Waals surface area (Å²) in [6.07, 6.45) is 0. The number of halogens is 1. The summed E-state index contributed by atoms with van der Waals surface area (Å²) < 4.78 is 1.09. The van der Waals surface area contributed by atoms with E-state index in [-0.39, 0.29) is 0 Å². The van der Waals surface area contributed by atoms with E-state index in [9.17, 15) is 0 Å². The smallest absolute Gasteiger partial charge is 0.0906 e. The monoisotopic (exact) mass is 217 g/mol. The molecule has 0 aliphatic heterocycles. The van der Waals surface area contributed by atoms with Crippen molar-refractivity contribution in [2.24, 2.45) is 0 Å². The van der Waals surface area contributed by atoms with Crippen molar-refractivity contribution in [1.29, 1.82) is 0 Å². The SMILES string of the molecule is Cc1[nH]nc(CN(C)C)c1Br. The minimum absolute atomic E-state index is 0.866. The highest BCUT2D eigenvalue weighted by atomic mass is 79.9. The maximum absolute atomic E-state index is 4.14. The Morgan fingerprint density at radius 1 is 1.55 bits per heavy atom. The molecule has 0 unspecified atom stereocenters. The molecule has 1 N–H and O–H groups in total. The molecule has 0 aromatic carbocycles. The largest absolute Gasteiger partial charge is 0.303 e. The molecule has 0 saturated carbocycles. The summed E-state index contributed by atoms with van der Waals surface area (Å²) in [4.78, 5) is 2.08. The third-order valence-electron chi connectivity index (χ3n) is 1.41. The van der Waals surface area contributed by atoms with Gasteiger partial charge in [-0.25, -0.2) is 0 Å². The highest BCUT2D eigenvalue weighted by molar-refractivity contribution is 9.10. The molecule has 0 fully saturated rings. The van der Waals surface area contributed by atoms with Gasteiger partial charge in [-0.2, -0.15) is 5.10 Å². The van der Waals surface area contributed by atoms with Crippen LogP contribution in [-0.4, -0.2) is 29.2 Å². The first-order chi connectivity index (χ1) is 5.11. The Labute approximate surface area is 74.9 Å². The van der Waals surface area contributed by atoms with Crippen LogP contribution in [0.3, 0.4) is 0 Å². The molecule has 1 rings (SSSR count). The number of rotatable bonds is 2. The van der Waals surface area contributed by atoms with Crippen LogP contribution in [-0.2, 0) is 6.54 Å². The Balaban J connectivity index is 2.79. The fourth-order valence-corrected chi connectivity index (χ4v) is 1.17. The maximum Gasteiger partial charge on any atom is 0.0906 e. The lowest BCUT2D eigenvalue weighted by Crippen LogP contribution is -2.11. The van der Waals surface area contributed by atoms with Crippen molar-refractivity contribution in [1.82, 2.24) is 15.1 Å². The zero-order valence-corrected chi connectivity index (χ0v) is 8.57. The predicted octanol–water partition coefficient (Wildman–Crippen LogP) is 1.54. The van der Waals surface area contributed by atoms with E-state index in [1.165, 1.54) is 0 Å². The Bertz CT molecular complexity index is 242. The molecule has 0 bridgehead atoms. The van der Waals surface area contributed by atoms with E-state index < -0.39 is 0 Å². The number of hydrogen-bond acceptors (Lipinski definition) is 2. The van der Waals surface area contributed by atoms with Crippen molar-refractivity contribution in [3.05, 3.63) is 15.9 Å². The zero-order valence-electron chi connectivity index (χ0n) is 6.98. The fourth-order valence-electron chi connectivity index (χ4n) is 0.870. The van der Waals surface area contributed by atoms with E-state index in [1.807, 2.05) is 21.0 Å². The van der Waals surface area contributed by atoms with E-state index in [1.54, 1.807) is 0 Å². The number of nitrogens with zero attached hydrogens (tertiary/aromatic N) is 2. The number of H-pyrrole nitrogens is 1. The van der Waals surface area contributed by atoms with Crippen molar-refractivity contribution in [3.8, 4) is 0 Å². The van der Waals surface area contributed by atoms with E-state index in [0.29, 0.717) is 0 Å². The van der Waals surface area contributed by atoms with Crippen molar-refractivity contribution < 1.29 is 0 Å². The number of aromatic amines is 1. The minimum Gasteiger partial charge on any atom is -0.303 e. The molecule has 0 saturated heterocycles. The average Bonchev–Trinajstić information content (AvgIpc) is 2.18. The second kappa shape index (κ2) is 3.36. The summed E-state index contributed by atoms with van der Waals surface area (Å²) in [7, 11) is 4.05. The topological polar surface area (TPSA) is 31.9 Å². The molecule has 4 heteroatoms. The molecule has 1 aromatic rings. The normalized spacial score (nSPS) is 11.0. The Hall–Kier alpha value is -0.350. The van der Waals surface area contributed by atoms with Gasteiger partial charge in [0.25, 0.3) is 0 Å². The Morgan fingerprint density at radius 2 is 2.18 bits per heavy atom. The van der Waals surface area contributed by atoms with Gasteiger partial charge in [-0.05, 0) is 36.9 Å². The first-order valence-corrected chi connectivity index (χ1v) is 4.24. The second-order valence-corrected chi connectivity index (χ2v) is 3.64. The molecule has 3 nitrogen and oxygen atoms in total. The number of aromatic nitrogens is 2. The summed E-state index contributed by atoms with van der Waals surface area (Å²) in [5.41, 5.74) is 2.15. The summed E-state index contributed by atoms with van der Waals surface area (Å²) >= 11 is 3.46. The van der Waals surface area contributed by atoms with Gasteiger partial charge in [-0.3, -0.25) is 5.10 Å². The minimum atomic E-state index is 0.866. The van der Waals surface area contributed by atoms with Crippen LogP contribution in [0.25, 0.3) is 0 Å². The maximum atomic E-state index is 4.14. The summed E-state index contributed by atoms with van der Waals surface area (Å²) in [6.45, 7) is 2.86. The number of hydrogen-bond donors (Lipinski definition) is 1. The molecule has 0 atom stereocenters. The molecular formula is C7H12BrN3. The van der Waals surface area contributed by atoms with Crippen molar-refractivity contribution in [2.45, 2.75) is 13.5 Å². The van der Waals surface area contributed by atoms with Crippen LogP contribution >= 0.6 is 15.9 Å². The Kier molecular flexibility index (Phi) is 2.67. The van der Waals surface area contributed by atoms with E-state index in [4.69, 9.17) is 0 Å². The molecule has 62 valence electrons. The van der Waals surface area contributed by atoms with Crippen LogP contribution in [0.2, 0.25) is 0 Å². The van der Waals surface area contributed by atoms with Gasteiger partial charge in [0.05, 0.1) is 10.2 Å². The van der Waals surface area contributed by atoms with Gasteiger partial charge < -0.3 is 4.90 Å². The lowest BCUT2D eigenvalue weighted by atomic mass is 10.3. The van der Waals surface area contributed by atoms with Gasteiger partial charge >= 0.3 is 0 Å². The van der Waals surface area contributed by atoms with Crippen LogP contribution in [0.15, 0.2) is 4.47 Å². The van der Waals surface area contributed by atoms with Crippen molar-refractivity contribution in [3.63, 3.8) is 0 Å². The molecule has 1 aromatic heterocycles. The van der Waals surface area contributed by atoms with E-state index in [0.717, 1.165) is 22.4 Å². The molecule has 0 aliphatic rings. The Morgan fingerprint density at radius 3 is 2.55 bits per heavy atom. The van der Waals surface area contributed by atoms with Crippen molar-refractivity contribution >= 4 is 15.9 Å². The van der Waals surface area contributed by atoms with E-state index >= 15 is 0 Å². The van der Waals surface area contributed by atoms with Gasteiger partial charge in [0.15, 0.2) is 0 Å². The van der Waals surface area contributed by atoms with Gasteiger partial charge in [0, 0.05) is 12.2 Å². The van der Waals surface area contributed by atoms with Crippen LogP contribution in [0.4, 0.5) is 0 Å². The predicted molar refractivity (Wildman–Crippen MR) is 48.4 cm³/mol. The van der Waals surface area contributed by atoms with Crippen LogP contribution in [0.5, 0.6) is 0 Å². The van der Waals surface area contributed by atoms with Gasteiger partial charge in [-0.1, -0.05) is 0 Å². The third kappa shape index (κ3) is 2.04. The molecular weight excluding hydrogens is 206 g/mol.